The molecule has 0 spiro atoms. The van der Waals surface area contributed by atoms with Gasteiger partial charge in [-0.2, -0.15) is 0 Å². The van der Waals surface area contributed by atoms with E-state index < -0.39 is 0 Å². The third kappa shape index (κ3) is 4.63. The molecule has 0 radical (unpaired) electrons. The standard InChI is InChI=1S/C15H28N4O/c1-6-9-12(10-20-5)17-15-11(4)14(16-8-3)18-13(7-2)19-15/h12H,6-10H2,1-5H3,(H2,16,17,18,19). The molecular formula is C15H28N4O. The third-order valence-electron chi connectivity index (χ3n) is 3.20. The Labute approximate surface area is 122 Å². The van der Waals surface area contributed by atoms with Gasteiger partial charge >= 0.3 is 0 Å². The highest BCUT2D eigenvalue weighted by Gasteiger charge is 2.14. The van der Waals surface area contributed by atoms with E-state index in [1.165, 1.54) is 0 Å². The highest BCUT2D eigenvalue weighted by molar-refractivity contribution is 5.57. The number of nitrogens with zero attached hydrogens (tertiary/aromatic N) is 2. The molecule has 1 rings (SSSR count). The molecule has 0 fully saturated rings. The molecule has 0 aliphatic heterocycles. The van der Waals surface area contributed by atoms with Crippen LogP contribution in [0.25, 0.3) is 0 Å². The second-order valence-corrected chi connectivity index (χ2v) is 4.93. The minimum atomic E-state index is 0.290. The van der Waals surface area contributed by atoms with Gasteiger partial charge in [-0.3, -0.25) is 0 Å². The third-order valence-corrected chi connectivity index (χ3v) is 3.20. The first kappa shape index (κ1) is 16.7. The van der Waals surface area contributed by atoms with Crippen molar-refractivity contribution in [1.82, 2.24) is 9.97 Å². The summed E-state index contributed by atoms with van der Waals surface area (Å²) in [6.07, 6.45) is 3.01. The number of aromatic nitrogens is 2. The van der Waals surface area contributed by atoms with Crippen molar-refractivity contribution in [3.8, 4) is 0 Å². The second-order valence-electron chi connectivity index (χ2n) is 4.93. The Morgan fingerprint density at radius 3 is 2.40 bits per heavy atom. The van der Waals surface area contributed by atoms with Crippen LogP contribution in [-0.4, -0.2) is 36.3 Å². The van der Waals surface area contributed by atoms with E-state index in [4.69, 9.17) is 4.74 Å². The Kier molecular flexibility index (Phi) is 7.30. The van der Waals surface area contributed by atoms with Crippen LogP contribution in [0.3, 0.4) is 0 Å². The molecule has 5 heteroatoms. The quantitative estimate of drug-likeness (QED) is 0.728. The van der Waals surface area contributed by atoms with Crippen LogP contribution in [0.1, 0.15) is 45.0 Å². The van der Waals surface area contributed by atoms with Crippen LogP contribution in [-0.2, 0) is 11.2 Å². The van der Waals surface area contributed by atoms with Gasteiger partial charge in [-0.05, 0) is 20.3 Å². The van der Waals surface area contributed by atoms with Crippen LogP contribution < -0.4 is 10.6 Å². The first-order valence-electron chi connectivity index (χ1n) is 7.52. The van der Waals surface area contributed by atoms with Crippen molar-refractivity contribution < 1.29 is 4.74 Å². The van der Waals surface area contributed by atoms with Crippen LogP contribution >= 0.6 is 0 Å². The van der Waals surface area contributed by atoms with Gasteiger partial charge in [-0.1, -0.05) is 20.3 Å². The first-order valence-corrected chi connectivity index (χ1v) is 7.52. The predicted molar refractivity (Wildman–Crippen MR) is 84.5 cm³/mol. The van der Waals surface area contributed by atoms with Crippen LogP contribution in [0.4, 0.5) is 11.6 Å². The second kappa shape index (κ2) is 8.74. The summed E-state index contributed by atoms with van der Waals surface area (Å²) in [6.45, 7) is 9.93. The van der Waals surface area contributed by atoms with Crippen molar-refractivity contribution >= 4 is 11.6 Å². The summed E-state index contributed by atoms with van der Waals surface area (Å²) in [5.41, 5.74) is 1.07. The number of methoxy groups -OCH3 is 1. The molecule has 114 valence electrons. The number of hydrogen-bond donors (Lipinski definition) is 2. The molecule has 5 nitrogen and oxygen atoms in total. The summed E-state index contributed by atoms with van der Waals surface area (Å²) in [5.74, 6) is 2.71. The van der Waals surface area contributed by atoms with E-state index in [0.29, 0.717) is 6.61 Å². The van der Waals surface area contributed by atoms with E-state index in [1.807, 2.05) is 0 Å². The SMILES string of the molecule is CCCC(COC)Nc1nc(CC)nc(NCC)c1C. The molecule has 0 bridgehead atoms. The number of anilines is 2. The predicted octanol–water partition coefficient (Wildman–Crippen LogP) is 3.01. The van der Waals surface area contributed by atoms with E-state index in [0.717, 1.165) is 48.8 Å². The maximum Gasteiger partial charge on any atom is 0.135 e. The summed E-state index contributed by atoms with van der Waals surface area (Å²) in [7, 11) is 1.73. The molecule has 1 heterocycles. The van der Waals surface area contributed by atoms with Gasteiger partial charge in [0.25, 0.3) is 0 Å². The van der Waals surface area contributed by atoms with Gasteiger partial charge < -0.3 is 15.4 Å². The van der Waals surface area contributed by atoms with Crippen molar-refractivity contribution in [1.29, 1.82) is 0 Å². The number of hydrogen-bond acceptors (Lipinski definition) is 5. The molecule has 0 aliphatic carbocycles. The zero-order valence-corrected chi connectivity index (χ0v) is 13.4. The minimum absolute atomic E-state index is 0.290. The highest BCUT2D eigenvalue weighted by atomic mass is 16.5. The van der Waals surface area contributed by atoms with Gasteiger partial charge in [0.05, 0.1) is 12.6 Å². The molecule has 0 saturated carbocycles. The lowest BCUT2D eigenvalue weighted by Crippen LogP contribution is -2.26. The smallest absolute Gasteiger partial charge is 0.135 e. The summed E-state index contributed by atoms with van der Waals surface area (Å²) in [6, 6.07) is 0.290. The van der Waals surface area contributed by atoms with E-state index in [-0.39, 0.29) is 6.04 Å². The number of aryl methyl sites for hydroxylation is 1. The fourth-order valence-electron chi connectivity index (χ4n) is 2.14. The summed E-state index contributed by atoms with van der Waals surface area (Å²) in [5, 5.41) is 6.81. The summed E-state index contributed by atoms with van der Waals surface area (Å²) < 4.78 is 5.28. The maximum atomic E-state index is 5.28. The normalized spacial score (nSPS) is 12.2. The van der Waals surface area contributed by atoms with Gasteiger partial charge in [-0.25, -0.2) is 9.97 Å². The van der Waals surface area contributed by atoms with Gasteiger partial charge in [0.1, 0.15) is 17.5 Å². The Bertz CT molecular complexity index is 403. The molecule has 1 unspecified atom stereocenters. The van der Waals surface area contributed by atoms with Crippen LogP contribution in [0, 0.1) is 6.92 Å². The average Bonchev–Trinajstić information content (AvgIpc) is 2.43. The number of rotatable bonds is 9. The zero-order chi connectivity index (χ0) is 15.0. The summed E-state index contributed by atoms with van der Waals surface area (Å²) >= 11 is 0. The monoisotopic (exact) mass is 280 g/mol. The Morgan fingerprint density at radius 2 is 1.85 bits per heavy atom. The summed E-state index contributed by atoms with van der Waals surface area (Å²) in [4.78, 5) is 9.17. The molecule has 0 aliphatic rings. The Morgan fingerprint density at radius 1 is 1.15 bits per heavy atom. The molecule has 2 N–H and O–H groups in total. The van der Waals surface area contributed by atoms with E-state index in [9.17, 15) is 0 Å². The minimum Gasteiger partial charge on any atom is -0.383 e. The zero-order valence-electron chi connectivity index (χ0n) is 13.4. The van der Waals surface area contributed by atoms with Crippen LogP contribution in [0.5, 0.6) is 0 Å². The largest absolute Gasteiger partial charge is 0.383 e. The maximum absolute atomic E-state index is 5.28. The molecule has 0 amide bonds. The first-order chi connectivity index (χ1) is 9.65. The highest BCUT2D eigenvalue weighted by Crippen LogP contribution is 2.21. The molecule has 20 heavy (non-hydrogen) atoms. The average molecular weight is 280 g/mol. The van der Waals surface area contributed by atoms with Crippen molar-refractivity contribution in [2.45, 2.75) is 53.0 Å². The van der Waals surface area contributed by atoms with Crippen molar-refractivity contribution in [3.63, 3.8) is 0 Å². The lowest BCUT2D eigenvalue weighted by atomic mass is 10.1. The number of nitrogens with one attached hydrogen (secondary N) is 2. The topological polar surface area (TPSA) is 59.1 Å². The van der Waals surface area contributed by atoms with Gasteiger partial charge in [0.2, 0.25) is 0 Å². The molecular weight excluding hydrogens is 252 g/mol. The lowest BCUT2D eigenvalue weighted by Gasteiger charge is -2.20. The van der Waals surface area contributed by atoms with Crippen LogP contribution in [0.15, 0.2) is 0 Å². The lowest BCUT2D eigenvalue weighted by molar-refractivity contribution is 0.182. The van der Waals surface area contributed by atoms with E-state index >= 15 is 0 Å². The Hall–Kier alpha value is -1.36. The van der Waals surface area contributed by atoms with E-state index in [2.05, 4.69) is 48.3 Å². The Balaban J connectivity index is 2.98. The molecule has 0 aromatic carbocycles. The molecule has 1 aromatic heterocycles. The fraction of sp³-hybridized carbons (Fsp3) is 0.733. The molecule has 1 aromatic rings. The van der Waals surface area contributed by atoms with Crippen LogP contribution in [0.2, 0.25) is 0 Å². The van der Waals surface area contributed by atoms with Crippen molar-refractivity contribution in [2.75, 3.05) is 30.9 Å². The van der Waals surface area contributed by atoms with Gasteiger partial charge in [0.15, 0.2) is 0 Å². The van der Waals surface area contributed by atoms with Crippen molar-refractivity contribution in [3.05, 3.63) is 11.4 Å². The van der Waals surface area contributed by atoms with Gasteiger partial charge in [-0.15, -0.1) is 0 Å². The van der Waals surface area contributed by atoms with E-state index in [1.54, 1.807) is 7.11 Å². The van der Waals surface area contributed by atoms with Crippen molar-refractivity contribution in [2.24, 2.45) is 0 Å². The molecule has 0 saturated heterocycles. The van der Waals surface area contributed by atoms with Gasteiger partial charge in [0, 0.05) is 25.6 Å². The number of ether oxygens (including phenoxy) is 1. The molecule has 1 atom stereocenters. The fourth-order valence-corrected chi connectivity index (χ4v) is 2.14.